The summed E-state index contributed by atoms with van der Waals surface area (Å²) in [5.41, 5.74) is 0.139. The van der Waals surface area contributed by atoms with Crippen molar-refractivity contribution in [1.29, 1.82) is 0 Å². The summed E-state index contributed by atoms with van der Waals surface area (Å²) >= 11 is 5.88. The Hall–Kier alpha value is -1.75. The second-order valence-corrected chi connectivity index (χ2v) is 5.84. The predicted molar refractivity (Wildman–Crippen MR) is 82.0 cm³/mol. The number of nitrogens with one attached hydrogen (secondary N) is 1. The average Bonchev–Trinajstić information content (AvgIpc) is 2.91. The molecule has 6 heteroatoms. The fourth-order valence-electron chi connectivity index (χ4n) is 2.72. The summed E-state index contributed by atoms with van der Waals surface area (Å²) in [6.07, 6.45) is 4.74. The monoisotopic (exact) mass is 310 g/mol. The summed E-state index contributed by atoms with van der Waals surface area (Å²) in [5, 5.41) is 11.9. The van der Waals surface area contributed by atoms with Crippen molar-refractivity contribution in [1.82, 2.24) is 4.90 Å². The molecule has 1 saturated carbocycles. The van der Waals surface area contributed by atoms with Gasteiger partial charge < -0.3 is 15.3 Å². The lowest BCUT2D eigenvalue weighted by molar-refractivity contribution is 0.0698. The van der Waals surface area contributed by atoms with Crippen LogP contribution in [0.5, 0.6) is 0 Å². The molecule has 0 aliphatic heterocycles. The van der Waals surface area contributed by atoms with Crippen LogP contribution in [-0.4, -0.2) is 35.6 Å². The Labute approximate surface area is 128 Å². The van der Waals surface area contributed by atoms with E-state index < -0.39 is 5.97 Å². The van der Waals surface area contributed by atoms with Crippen molar-refractivity contribution in [2.75, 3.05) is 18.9 Å². The van der Waals surface area contributed by atoms with Crippen LogP contribution in [0, 0.1) is 5.92 Å². The topological polar surface area (TPSA) is 69.6 Å². The molecule has 0 aromatic heterocycles. The molecule has 0 saturated heterocycles. The summed E-state index contributed by atoms with van der Waals surface area (Å²) in [5.74, 6) is -0.617. The first-order valence-electron chi connectivity index (χ1n) is 7.03. The molecule has 0 unspecified atom stereocenters. The SMILES string of the molecule is CN(CC1CCCC1)C(=O)Nc1cccc(Cl)c1C(=O)O. The molecule has 0 atom stereocenters. The number of nitrogens with zero attached hydrogens (tertiary/aromatic N) is 1. The van der Waals surface area contributed by atoms with Gasteiger partial charge in [0.2, 0.25) is 0 Å². The van der Waals surface area contributed by atoms with Crippen LogP contribution in [0.2, 0.25) is 5.02 Å². The number of aromatic carboxylic acids is 1. The van der Waals surface area contributed by atoms with Gasteiger partial charge in [0.25, 0.3) is 0 Å². The number of anilines is 1. The van der Waals surface area contributed by atoms with E-state index in [1.807, 2.05) is 0 Å². The largest absolute Gasteiger partial charge is 0.478 e. The smallest absolute Gasteiger partial charge is 0.339 e. The van der Waals surface area contributed by atoms with Crippen molar-refractivity contribution < 1.29 is 14.7 Å². The lowest BCUT2D eigenvalue weighted by atomic mass is 10.1. The summed E-state index contributed by atoms with van der Waals surface area (Å²) < 4.78 is 0. The fraction of sp³-hybridized carbons (Fsp3) is 0.467. The van der Waals surface area contributed by atoms with Crippen molar-refractivity contribution >= 4 is 29.3 Å². The van der Waals surface area contributed by atoms with E-state index in [4.69, 9.17) is 11.6 Å². The zero-order chi connectivity index (χ0) is 15.4. The van der Waals surface area contributed by atoms with E-state index in [9.17, 15) is 14.7 Å². The molecule has 1 aliphatic carbocycles. The molecular weight excluding hydrogens is 292 g/mol. The highest BCUT2D eigenvalue weighted by Crippen LogP contribution is 2.26. The van der Waals surface area contributed by atoms with E-state index in [-0.39, 0.29) is 22.3 Å². The van der Waals surface area contributed by atoms with Crippen LogP contribution in [0.15, 0.2) is 18.2 Å². The molecule has 2 N–H and O–H groups in total. The Kier molecular flexibility index (Phi) is 5.07. The first kappa shape index (κ1) is 15.6. The number of rotatable bonds is 4. The van der Waals surface area contributed by atoms with Crippen molar-refractivity contribution in [2.24, 2.45) is 5.92 Å². The highest BCUT2D eigenvalue weighted by Gasteiger charge is 2.21. The van der Waals surface area contributed by atoms with Gasteiger partial charge in [-0.1, -0.05) is 30.5 Å². The number of carboxylic acid groups (broad SMARTS) is 1. The second kappa shape index (κ2) is 6.80. The molecule has 114 valence electrons. The van der Waals surface area contributed by atoms with Gasteiger partial charge in [0.15, 0.2) is 0 Å². The zero-order valence-corrected chi connectivity index (χ0v) is 12.7. The number of halogens is 1. The molecule has 0 radical (unpaired) electrons. The molecule has 1 aromatic carbocycles. The van der Waals surface area contributed by atoms with Crippen LogP contribution >= 0.6 is 11.6 Å². The van der Waals surface area contributed by atoms with Crippen LogP contribution in [0.3, 0.4) is 0 Å². The lowest BCUT2D eigenvalue weighted by Crippen LogP contribution is -2.35. The van der Waals surface area contributed by atoms with Gasteiger partial charge in [-0.05, 0) is 30.9 Å². The predicted octanol–water partition coefficient (Wildman–Crippen LogP) is 3.69. The van der Waals surface area contributed by atoms with Gasteiger partial charge in [-0.25, -0.2) is 9.59 Å². The van der Waals surface area contributed by atoms with E-state index in [0.29, 0.717) is 12.5 Å². The Morgan fingerprint density at radius 3 is 2.67 bits per heavy atom. The van der Waals surface area contributed by atoms with Gasteiger partial charge in [-0.15, -0.1) is 0 Å². The number of carbonyl (C=O) groups is 2. The maximum Gasteiger partial charge on any atom is 0.339 e. The van der Waals surface area contributed by atoms with Crippen molar-refractivity contribution in [3.63, 3.8) is 0 Å². The third-order valence-electron chi connectivity index (χ3n) is 3.82. The van der Waals surface area contributed by atoms with Crippen LogP contribution in [0.1, 0.15) is 36.0 Å². The molecule has 21 heavy (non-hydrogen) atoms. The Morgan fingerprint density at radius 1 is 1.38 bits per heavy atom. The summed E-state index contributed by atoms with van der Waals surface area (Å²) in [6.45, 7) is 0.689. The Morgan fingerprint density at radius 2 is 2.05 bits per heavy atom. The van der Waals surface area contributed by atoms with Crippen molar-refractivity contribution in [2.45, 2.75) is 25.7 Å². The molecule has 1 aromatic rings. The standard InChI is InChI=1S/C15H19ClN2O3/c1-18(9-10-5-2-3-6-10)15(21)17-12-8-4-7-11(16)13(12)14(19)20/h4,7-8,10H,2-3,5-6,9H2,1H3,(H,17,21)(H,19,20). The van der Waals surface area contributed by atoms with E-state index in [1.54, 1.807) is 18.0 Å². The average molecular weight is 311 g/mol. The highest BCUT2D eigenvalue weighted by atomic mass is 35.5. The molecule has 0 spiro atoms. The van der Waals surface area contributed by atoms with Crippen molar-refractivity contribution in [3.8, 4) is 0 Å². The second-order valence-electron chi connectivity index (χ2n) is 5.43. The normalized spacial score (nSPS) is 15.0. The Balaban J connectivity index is 2.05. The fourth-order valence-corrected chi connectivity index (χ4v) is 2.97. The minimum Gasteiger partial charge on any atom is -0.478 e. The molecule has 0 bridgehead atoms. The third kappa shape index (κ3) is 3.88. The number of carboxylic acids is 1. The number of hydrogen-bond acceptors (Lipinski definition) is 2. The molecule has 2 rings (SSSR count). The van der Waals surface area contributed by atoms with Crippen molar-refractivity contribution in [3.05, 3.63) is 28.8 Å². The summed E-state index contributed by atoms with van der Waals surface area (Å²) in [6, 6.07) is 4.33. The van der Waals surface area contributed by atoms with Crippen LogP contribution in [0.25, 0.3) is 0 Å². The van der Waals surface area contributed by atoms with Gasteiger partial charge in [0.1, 0.15) is 5.56 Å². The highest BCUT2D eigenvalue weighted by molar-refractivity contribution is 6.34. The van der Waals surface area contributed by atoms with Gasteiger partial charge >= 0.3 is 12.0 Å². The number of carbonyl (C=O) groups excluding carboxylic acids is 1. The van der Waals surface area contributed by atoms with E-state index in [2.05, 4.69) is 5.32 Å². The number of urea groups is 1. The molecule has 0 heterocycles. The van der Waals surface area contributed by atoms with Crippen LogP contribution in [0.4, 0.5) is 10.5 Å². The van der Waals surface area contributed by atoms with Gasteiger partial charge in [0, 0.05) is 13.6 Å². The summed E-state index contributed by atoms with van der Waals surface area (Å²) in [4.78, 5) is 25.0. The molecule has 5 nitrogen and oxygen atoms in total. The molecule has 1 fully saturated rings. The van der Waals surface area contributed by atoms with Crippen LogP contribution < -0.4 is 5.32 Å². The third-order valence-corrected chi connectivity index (χ3v) is 4.14. The van der Waals surface area contributed by atoms with E-state index >= 15 is 0 Å². The molecular formula is C15H19ClN2O3. The quantitative estimate of drug-likeness (QED) is 0.891. The zero-order valence-electron chi connectivity index (χ0n) is 11.9. The number of benzene rings is 1. The van der Waals surface area contributed by atoms with Gasteiger partial charge in [-0.2, -0.15) is 0 Å². The lowest BCUT2D eigenvalue weighted by Gasteiger charge is -2.22. The number of hydrogen-bond donors (Lipinski definition) is 2. The maximum absolute atomic E-state index is 12.2. The van der Waals surface area contributed by atoms with Gasteiger partial charge in [0.05, 0.1) is 10.7 Å². The minimum atomic E-state index is -1.16. The first-order chi connectivity index (χ1) is 9.99. The Bertz CT molecular complexity index is 542. The van der Waals surface area contributed by atoms with E-state index in [1.165, 1.54) is 25.0 Å². The van der Waals surface area contributed by atoms with Crippen LogP contribution in [-0.2, 0) is 0 Å². The van der Waals surface area contributed by atoms with Gasteiger partial charge in [-0.3, -0.25) is 0 Å². The van der Waals surface area contributed by atoms with E-state index in [0.717, 1.165) is 12.8 Å². The molecule has 1 aliphatic rings. The maximum atomic E-state index is 12.2. The molecule has 2 amide bonds. The first-order valence-corrected chi connectivity index (χ1v) is 7.40. The minimum absolute atomic E-state index is 0.0817. The number of amides is 2. The summed E-state index contributed by atoms with van der Waals surface area (Å²) in [7, 11) is 1.72.